The molecule has 104 valence electrons. The summed E-state index contributed by atoms with van der Waals surface area (Å²) in [5, 5.41) is 0. The lowest BCUT2D eigenvalue weighted by Gasteiger charge is -2.08. The number of halogens is 3. The summed E-state index contributed by atoms with van der Waals surface area (Å²) >= 11 is 0. The Morgan fingerprint density at radius 3 is 1.80 bits per heavy atom. The first-order chi connectivity index (χ1) is 9.27. The van der Waals surface area contributed by atoms with Crippen molar-refractivity contribution in [2.24, 2.45) is 0 Å². The third kappa shape index (κ3) is 3.07. The first kappa shape index (κ1) is 14.3. The van der Waals surface area contributed by atoms with Crippen LogP contribution in [0.2, 0.25) is 0 Å². The van der Waals surface area contributed by atoms with Crippen molar-refractivity contribution in [3.63, 3.8) is 0 Å². The second-order valence-electron chi connectivity index (χ2n) is 4.78. The molecule has 0 heterocycles. The fourth-order valence-electron chi connectivity index (χ4n) is 2.08. The zero-order valence-corrected chi connectivity index (χ0v) is 11.1. The molecule has 20 heavy (non-hydrogen) atoms. The van der Waals surface area contributed by atoms with E-state index in [-0.39, 0.29) is 11.3 Å². The summed E-state index contributed by atoms with van der Waals surface area (Å²) in [6.07, 6.45) is -4.39. The Hall–Kier alpha value is -2.10. The number of alkyl halides is 3. The average Bonchev–Trinajstić information content (AvgIpc) is 2.36. The van der Waals surface area contributed by atoms with Gasteiger partial charge in [-0.1, -0.05) is 29.3 Å². The van der Waals surface area contributed by atoms with E-state index in [1.165, 1.54) is 12.1 Å². The zero-order valence-electron chi connectivity index (χ0n) is 11.1. The minimum atomic E-state index is -4.39. The number of aryl methyl sites for hydroxylation is 2. The molecule has 0 aliphatic heterocycles. The van der Waals surface area contributed by atoms with Gasteiger partial charge in [-0.2, -0.15) is 13.2 Å². The van der Waals surface area contributed by atoms with Crippen LogP contribution in [0.3, 0.4) is 0 Å². The van der Waals surface area contributed by atoms with Crippen molar-refractivity contribution >= 4 is 5.78 Å². The van der Waals surface area contributed by atoms with Crippen molar-refractivity contribution in [3.8, 4) is 0 Å². The topological polar surface area (TPSA) is 17.1 Å². The Labute approximate surface area is 115 Å². The first-order valence-corrected chi connectivity index (χ1v) is 6.07. The summed E-state index contributed by atoms with van der Waals surface area (Å²) in [5.74, 6) is -0.273. The molecular weight excluding hydrogens is 265 g/mol. The summed E-state index contributed by atoms with van der Waals surface area (Å²) in [6.45, 7) is 3.74. The Bertz CT molecular complexity index is 620. The normalized spacial score (nSPS) is 11.4. The Balaban J connectivity index is 2.34. The van der Waals surface area contributed by atoms with Crippen LogP contribution in [-0.2, 0) is 6.18 Å². The second-order valence-corrected chi connectivity index (χ2v) is 4.78. The third-order valence-electron chi connectivity index (χ3n) is 2.96. The number of carbonyl (C=O) groups excluding carboxylic acids is 1. The quantitative estimate of drug-likeness (QED) is 0.736. The molecule has 1 nitrogen and oxygen atoms in total. The zero-order chi connectivity index (χ0) is 14.9. The van der Waals surface area contributed by atoms with Crippen molar-refractivity contribution in [2.75, 3.05) is 0 Å². The molecule has 0 saturated carbocycles. The van der Waals surface area contributed by atoms with Gasteiger partial charge in [0.05, 0.1) is 5.56 Å². The summed E-state index contributed by atoms with van der Waals surface area (Å²) in [6, 6.07) is 9.67. The molecule has 0 aliphatic carbocycles. The molecule has 2 aromatic carbocycles. The van der Waals surface area contributed by atoms with Gasteiger partial charge in [0.15, 0.2) is 5.78 Å². The van der Waals surface area contributed by atoms with Crippen molar-refractivity contribution in [2.45, 2.75) is 20.0 Å². The highest BCUT2D eigenvalue weighted by Crippen LogP contribution is 2.29. The minimum Gasteiger partial charge on any atom is -0.289 e. The third-order valence-corrected chi connectivity index (χ3v) is 2.96. The highest BCUT2D eigenvalue weighted by molar-refractivity contribution is 6.09. The van der Waals surface area contributed by atoms with E-state index in [0.717, 1.165) is 23.3 Å². The monoisotopic (exact) mass is 278 g/mol. The van der Waals surface area contributed by atoms with Gasteiger partial charge in [0.1, 0.15) is 0 Å². The molecule has 0 saturated heterocycles. The number of hydrogen-bond acceptors (Lipinski definition) is 1. The largest absolute Gasteiger partial charge is 0.416 e. The van der Waals surface area contributed by atoms with Gasteiger partial charge in [0.2, 0.25) is 0 Å². The lowest BCUT2D eigenvalue weighted by atomic mass is 9.99. The molecule has 0 aliphatic rings. The standard InChI is InChI=1S/C16H13F3O/c1-10-7-11(2)9-13(8-10)15(20)12-3-5-14(6-4-12)16(17,18)19/h3-9H,1-2H3. The van der Waals surface area contributed by atoms with Crippen LogP contribution in [0.15, 0.2) is 42.5 Å². The van der Waals surface area contributed by atoms with E-state index in [0.29, 0.717) is 5.56 Å². The van der Waals surface area contributed by atoms with E-state index >= 15 is 0 Å². The summed E-state index contributed by atoms with van der Waals surface area (Å²) in [7, 11) is 0. The van der Waals surface area contributed by atoms with E-state index < -0.39 is 11.7 Å². The fourth-order valence-corrected chi connectivity index (χ4v) is 2.08. The number of hydrogen-bond donors (Lipinski definition) is 0. The van der Waals surface area contributed by atoms with Gasteiger partial charge < -0.3 is 0 Å². The minimum absolute atomic E-state index is 0.253. The van der Waals surface area contributed by atoms with Gasteiger partial charge in [-0.05, 0) is 38.1 Å². The van der Waals surface area contributed by atoms with E-state index in [2.05, 4.69) is 0 Å². The summed E-state index contributed by atoms with van der Waals surface area (Å²) in [5.41, 5.74) is 1.88. The van der Waals surface area contributed by atoms with Crippen LogP contribution in [0.4, 0.5) is 13.2 Å². The first-order valence-electron chi connectivity index (χ1n) is 6.07. The number of benzene rings is 2. The number of carbonyl (C=O) groups is 1. The molecule has 0 spiro atoms. The Morgan fingerprint density at radius 2 is 1.35 bits per heavy atom. The van der Waals surface area contributed by atoms with Gasteiger partial charge in [0.25, 0.3) is 0 Å². The van der Waals surface area contributed by atoms with Gasteiger partial charge in [-0.15, -0.1) is 0 Å². The molecule has 0 aromatic heterocycles. The predicted octanol–water partition coefficient (Wildman–Crippen LogP) is 4.55. The Kier molecular flexibility index (Phi) is 3.66. The van der Waals surface area contributed by atoms with Gasteiger partial charge in [-0.25, -0.2) is 0 Å². The highest BCUT2D eigenvalue weighted by atomic mass is 19.4. The van der Waals surface area contributed by atoms with Crippen LogP contribution in [0.1, 0.15) is 32.6 Å². The molecule has 0 unspecified atom stereocenters. The molecule has 0 fully saturated rings. The summed E-state index contributed by atoms with van der Waals surface area (Å²) < 4.78 is 37.4. The molecule has 2 aromatic rings. The number of rotatable bonds is 2. The van der Waals surface area contributed by atoms with Crippen molar-refractivity contribution in [1.82, 2.24) is 0 Å². The molecule has 0 radical (unpaired) electrons. The molecule has 2 rings (SSSR count). The average molecular weight is 278 g/mol. The lowest BCUT2D eigenvalue weighted by molar-refractivity contribution is -0.137. The maximum absolute atomic E-state index is 12.5. The SMILES string of the molecule is Cc1cc(C)cc(C(=O)c2ccc(C(F)(F)F)cc2)c1. The molecule has 0 amide bonds. The van der Waals surface area contributed by atoms with E-state index in [1.807, 2.05) is 19.9 Å². The molecule has 4 heteroatoms. The van der Waals surface area contributed by atoms with E-state index in [1.54, 1.807) is 12.1 Å². The summed E-state index contributed by atoms with van der Waals surface area (Å²) in [4.78, 5) is 12.2. The molecule has 0 N–H and O–H groups in total. The lowest BCUT2D eigenvalue weighted by Crippen LogP contribution is -2.07. The van der Waals surface area contributed by atoms with Crippen LogP contribution in [0.5, 0.6) is 0 Å². The Morgan fingerprint density at radius 1 is 0.850 bits per heavy atom. The van der Waals surface area contributed by atoms with Crippen molar-refractivity contribution in [3.05, 3.63) is 70.3 Å². The number of ketones is 1. The van der Waals surface area contributed by atoms with Crippen LogP contribution in [0, 0.1) is 13.8 Å². The van der Waals surface area contributed by atoms with Gasteiger partial charge >= 0.3 is 6.18 Å². The van der Waals surface area contributed by atoms with E-state index in [4.69, 9.17) is 0 Å². The smallest absolute Gasteiger partial charge is 0.289 e. The maximum Gasteiger partial charge on any atom is 0.416 e. The van der Waals surface area contributed by atoms with Crippen molar-refractivity contribution < 1.29 is 18.0 Å². The van der Waals surface area contributed by atoms with Crippen LogP contribution < -0.4 is 0 Å². The fraction of sp³-hybridized carbons (Fsp3) is 0.188. The predicted molar refractivity (Wildman–Crippen MR) is 70.8 cm³/mol. The van der Waals surface area contributed by atoms with Gasteiger partial charge in [0, 0.05) is 11.1 Å². The molecule has 0 atom stereocenters. The second kappa shape index (κ2) is 5.12. The molecule has 0 bridgehead atoms. The van der Waals surface area contributed by atoms with Crippen molar-refractivity contribution in [1.29, 1.82) is 0 Å². The van der Waals surface area contributed by atoms with Gasteiger partial charge in [-0.3, -0.25) is 4.79 Å². The van der Waals surface area contributed by atoms with Crippen LogP contribution >= 0.6 is 0 Å². The molecular formula is C16H13F3O. The van der Waals surface area contributed by atoms with Crippen LogP contribution in [0.25, 0.3) is 0 Å². The highest BCUT2D eigenvalue weighted by Gasteiger charge is 2.30. The maximum atomic E-state index is 12.5. The van der Waals surface area contributed by atoms with Crippen LogP contribution in [-0.4, -0.2) is 5.78 Å². The van der Waals surface area contributed by atoms with E-state index in [9.17, 15) is 18.0 Å².